The molecule has 1 aromatic rings. The van der Waals surface area contributed by atoms with E-state index in [1.54, 1.807) is 7.05 Å². The Balaban J connectivity index is 2.52. The molecule has 0 aliphatic carbocycles. The quantitative estimate of drug-likeness (QED) is 0.712. The number of carbonyl (C=O) groups excluding carboxylic acids is 1. The molecule has 1 heterocycles. The van der Waals surface area contributed by atoms with Gasteiger partial charge in [-0.05, 0) is 26.1 Å². The summed E-state index contributed by atoms with van der Waals surface area (Å²) in [6.07, 6.45) is 0.562. The van der Waals surface area contributed by atoms with Crippen molar-refractivity contribution in [1.82, 2.24) is 10.2 Å². The van der Waals surface area contributed by atoms with Gasteiger partial charge in [-0.25, -0.2) is 4.79 Å². The first-order valence-corrected chi connectivity index (χ1v) is 5.66. The van der Waals surface area contributed by atoms with Crippen molar-refractivity contribution >= 4 is 11.9 Å². The second kappa shape index (κ2) is 6.20. The van der Waals surface area contributed by atoms with Crippen molar-refractivity contribution in [1.29, 1.82) is 0 Å². The number of carboxylic acid groups (broad SMARTS) is 1. The number of carbonyl (C=O) groups is 2. The van der Waals surface area contributed by atoms with Gasteiger partial charge in [-0.15, -0.1) is 0 Å². The molecule has 0 aliphatic heterocycles. The van der Waals surface area contributed by atoms with Gasteiger partial charge in [0.05, 0.1) is 0 Å². The highest BCUT2D eigenvalue weighted by atomic mass is 16.4. The third kappa shape index (κ3) is 3.59. The van der Waals surface area contributed by atoms with Crippen molar-refractivity contribution in [2.75, 3.05) is 20.6 Å². The van der Waals surface area contributed by atoms with Gasteiger partial charge in [0.1, 0.15) is 11.5 Å². The number of likely N-dealkylation sites (N-methyl/N-ethyl adjacent to an activating group) is 2. The highest BCUT2D eigenvalue weighted by Gasteiger charge is 2.26. The second-order valence-electron chi connectivity index (χ2n) is 4.08. The summed E-state index contributed by atoms with van der Waals surface area (Å²) in [5.41, 5.74) is 0. The molecule has 0 radical (unpaired) electrons. The number of hydrogen-bond acceptors (Lipinski definition) is 4. The number of aliphatic carboxylic acids is 1. The molecular weight excluding hydrogens is 236 g/mol. The Hall–Kier alpha value is -1.82. The van der Waals surface area contributed by atoms with E-state index in [2.05, 4.69) is 5.32 Å². The van der Waals surface area contributed by atoms with Crippen LogP contribution in [0.25, 0.3) is 0 Å². The highest BCUT2D eigenvalue weighted by molar-refractivity contribution is 6.00. The van der Waals surface area contributed by atoms with E-state index in [9.17, 15) is 9.59 Å². The van der Waals surface area contributed by atoms with Gasteiger partial charge >= 0.3 is 5.97 Å². The molecule has 0 fully saturated rings. The fourth-order valence-corrected chi connectivity index (χ4v) is 1.58. The van der Waals surface area contributed by atoms with Crippen LogP contribution in [0.1, 0.15) is 11.5 Å². The normalized spacial score (nSPS) is 12.2. The molecule has 1 atom stereocenters. The van der Waals surface area contributed by atoms with Crippen molar-refractivity contribution in [2.24, 2.45) is 0 Å². The number of carboxylic acids is 1. The lowest BCUT2D eigenvalue weighted by Crippen LogP contribution is -2.48. The van der Waals surface area contributed by atoms with E-state index in [0.717, 1.165) is 11.5 Å². The fourth-order valence-electron chi connectivity index (χ4n) is 1.58. The Morgan fingerprint density at radius 2 is 2.17 bits per heavy atom. The Kier molecular flexibility index (Phi) is 4.91. The summed E-state index contributed by atoms with van der Waals surface area (Å²) >= 11 is 0. The standard InChI is InChI=1S/C12H18N2O4/c1-8-4-5-9(18-8)6-7-14(3)11(15)10(13-2)12(16)17/h4-5,10,13H,6-7H2,1-3H3,(H,16,17). The highest BCUT2D eigenvalue weighted by Crippen LogP contribution is 2.07. The van der Waals surface area contributed by atoms with Crippen molar-refractivity contribution in [3.05, 3.63) is 23.7 Å². The molecule has 6 nitrogen and oxygen atoms in total. The Morgan fingerprint density at radius 3 is 2.61 bits per heavy atom. The van der Waals surface area contributed by atoms with Crippen LogP contribution in [0, 0.1) is 6.92 Å². The van der Waals surface area contributed by atoms with E-state index in [-0.39, 0.29) is 0 Å². The predicted octanol–water partition coefficient (Wildman–Crippen LogP) is 0.262. The average molecular weight is 254 g/mol. The summed E-state index contributed by atoms with van der Waals surface area (Å²) in [4.78, 5) is 24.0. The zero-order valence-corrected chi connectivity index (χ0v) is 10.8. The zero-order valence-electron chi connectivity index (χ0n) is 10.8. The minimum absolute atomic E-state index is 0.414. The lowest BCUT2D eigenvalue weighted by molar-refractivity contribution is -0.147. The Labute approximate surface area is 106 Å². The smallest absolute Gasteiger partial charge is 0.330 e. The second-order valence-corrected chi connectivity index (χ2v) is 4.08. The van der Waals surface area contributed by atoms with Crippen LogP contribution in [0.2, 0.25) is 0 Å². The van der Waals surface area contributed by atoms with Crippen LogP contribution >= 0.6 is 0 Å². The van der Waals surface area contributed by atoms with Gasteiger partial charge in [-0.1, -0.05) is 0 Å². The van der Waals surface area contributed by atoms with Gasteiger partial charge < -0.3 is 14.4 Å². The van der Waals surface area contributed by atoms with E-state index in [0.29, 0.717) is 13.0 Å². The topological polar surface area (TPSA) is 82.8 Å². The maximum atomic E-state index is 11.8. The molecule has 0 saturated heterocycles. The zero-order chi connectivity index (χ0) is 13.7. The number of nitrogens with zero attached hydrogens (tertiary/aromatic N) is 1. The molecule has 0 bridgehead atoms. The third-order valence-electron chi connectivity index (χ3n) is 2.65. The van der Waals surface area contributed by atoms with Crippen molar-refractivity contribution in [2.45, 2.75) is 19.4 Å². The maximum absolute atomic E-state index is 11.8. The lowest BCUT2D eigenvalue weighted by atomic mass is 10.2. The molecule has 18 heavy (non-hydrogen) atoms. The molecule has 1 amide bonds. The van der Waals surface area contributed by atoms with Gasteiger partial charge in [-0.3, -0.25) is 10.1 Å². The van der Waals surface area contributed by atoms with Gasteiger partial charge in [0.25, 0.3) is 5.91 Å². The fraction of sp³-hybridized carbons (Fsp3) is 0.500. The van der Waals surface area contributed by atoms with Crippen molar-refractivity contribution in [3.8, 4) is 0 Å². The summed E-state index contributed by atoms with van der Waals surface area (Å²) < 4.78 is 5.38. The molecule has 0 saturated carbocycles. The number of rotatable bonds is 6. The van der Waals surface area contributed by atoms with Crippen LogP contribution in [-0.2, 0) is 16.0 Å². The first-order chi connectivity index (χ1) is 8.45. The molecule has 6 heteroatoms. The summed E-state index contributed by atoms with van der Waals surface area (Å²) in [6.45, 7) is 2.26. The third-order valence-corrected chi connectivity index (χ3v) is 2.65. The maximum Gasteiger partial charge on any atom is 0.330 e. The molecular formula is C12H18N2O4. The Bertz CT molecular complexity index is 427. The van der Waals surface area contributed by atoms with E-state index >= 15 is 0 Å². The van der Waals surface area contributed by atoms with Crippen LogP contribution in [-0.4, -0.2) is 48.6 Å². The minimum Gasteiger partial charge on any atom is -0.480 e. The SMILES string of the molecule is CNC(C(=O)O)C(=O)N(C)CCc1ccc(C)o1. The van der Waals surface area contributed by atoms with Crippen molar-refractivity contribution < 1.29 is 19.1 Å². The Morgan fingerprint density at radius 1 is 1.50 bits per heavy atom. The summed E-state index contributed by atoms with van der Waals surface area (Å²) in [6, 6.07) is 2.50. The molecule has 1 rings (SSSR count). The first-order valence-electron chi connectivity index (χ1n) is 5.66. The van der Waals surface area contributed by atoms with E-state index in [4.69, 9.17) is 9.52 Å². The van der Waals surface area contributed by atoms with E-state index in [1.165, 1.54) is 11.9 Å². The van der Waals surface area contributed by atoms with E-state index < -0.39 is 17.9 Å². The average Bonchev–Trinajstić information content (AvgIpc) is 2.72. The van der Waals surface area contributed by atoms with Crippen LogP contribution in [0.4, 0.5) is 0 Å². The number of nitrogens with one attached hydrogen (secondary N) is 1. The summed E-state index contributed by atoms with van der Waals surface area (Å²) in [7, 11) is 3.02. The van der Waals surface area contributed by atoms with Gasteiger partial charge in [0, 0.05) is 20.0 Å². The first kappa shape index (κ1) is 14.2. The number of furan rings is 1. The molecule has 1 aromatic heterocycles. The predicted molar refractivity (Wildman–Crippen MR) is 65.3 cm³/mol. The molecule has 0 spiro atoms. The number of aryl methyl sites for hydroxylation is 1. The van der Waals surface area contributed by atoms with Crippen LogP contribution in [0.15, 0.2) is 16.5 Å². The monoisotopic (exact) mass is 254 g/mol. The lowest BCUT2D eigenvalue weighted by Gasteiger charge is -2.20. The van der Waals surface area contributed by atoms with E-state index in [1.807, 2.05) is 19.1 Å². The van der Waals surface area contributed by atoms with Crippen molar-refractivity contribution in [3.63, 3.8) is 0 Å². The van der Waals surface area contributed by atoms with Gasteiger partial charge in [-0.2, -0.15) is 0 Å². The molecule has 100 valence electrons. The van der Waals surface area contributed by atoms with Crippen LogP contribution < -0.4 is 5.32 Å². The number of hydrogen-bond donors (Lipinski definition) is 2. The largest absolute Gasteiger partial charge is 0.480 e. The summed E-state index contributed by atoms with van der Waals surface area (Å²) in [5.74, 6) is -0.0439. The van der Waals surface area contributed by atoms with Gasteiger partial charge in [0.2, 0.25) is 0 Å². The molecule has 0 aromatic carbocycles. The molecule has 1 unspecified atom stereocenters. The van der Waals surface area contributed by atoms with Crippen LogP contribution in [0.5, 0.6) is 0 Å². The number of amides is 1. The summed E-state index contributed by atoms with van der Waals surface area (Å²) in [5, 5.41) is 11.3. The van der Waals surface area contributed by atoms with Gasteiger partial charge in [0.15, 0.2) is 6.04 Å². The molecule has 0 aliphatic rings. The minimum atomic E-state index is -1.20. The molecule has 2 N–H and O–H groups in total. The van der Waals surface area contributed by atoms with Crippen LogP contribution in [0.3, 0.4) is 0 Å².